The summed E-state index contributed by atoms with van der Waals surface area (Å²) in [5, 5.41) is 23.5. The summed E-state index contributed by atoms with van der Waals surface area (Å²) < 4.78 is 6.06. The molecule has 0 aliphatic rings. The highest BCUT2D eigenvalue weighted by Gasteiger charge is 2.13. The van der Waals surface area contributed by atoms with Gasteiger partial charge in [-0.25, -0.2) is 0 Å². The summed E-state index contributed by atoms with van der Waals surface area (Å²) in [6.07, 6.45) is 0. The Labute approximate surface area is 141 Å². The number of benzene rings is 4. The quantitative estimate of drug-likeness (QED) is 0.320. The molecular formula is C21H12O4. The van der Waals surface area contributed by atoms with Crippen molar-refractivity contribution < 1.29 is 14.6 Å². The van der Waals surface area contributed by atoms with Gasteiger partial charge in [-0.3, -0.25) is 4.79 Å². The first-order chi connectivity index (χ1) is 12.1. The molecule has 25 heavy (non-hydrogen) atoms. The minimum atomic E-state index is -0.137. The van der Waals surface area contributed by atoms with Crippen LogP contribution in [-0.2, 0) is 0 Å². The van der Waals surface area contributed by atoms with E-state index in [1.54, 1.807) is 54.6 Å². The van der Waals surface area contributed by atoms with Crippen LogP contribution in [0.3, 0.4) is 0 Å². The second-order valence-corrected chi connectivity index (χ2v) is 6.12. The van der Waals surface area contributed by atoms with Gasteiger partial charge in [0, 0.05) is 10.8 Å². The van der Waals surface area contributed by atoms with E-state index in [-0.39, 0.29) is 16.9 Å². The first-order valence-corrected chi connectivity index (χ1v) is 7.86. The molecule has 1 aromatic heterocycles. The van der Waals surface area contributed by atoms with E-state index in [0.29, 0.717) is 27.3 Å². The van der Waals surface area contributed by atoms with Crippen molar-refractivity contribution in [3.63, 3.8) is 0 Å². The van der Waals surface area contributed by atoms with Gasteiger partial charge in [0.05, 0.1) is 10.8 Å². The summed E-state index contributed by atoms with van der Waals surface area (Å²) in [5.74, 6) is 0.268. The standard InChI is InChI=1S/C21H12O4/c22-13-5-7-15-12(9-13)2-6-16-20(24)19-17-10-14(23)4-1-11(17)3-8-18(19)25-21(15)16/h1-10,22-23H. The highest BCUT2D eigenvalue weighted by molar-refractivity contribution is 6.12. The Hall–Kier alpha value is -3.53. The molecule has 0 unspecified atom stereocenters. The SMILES string of the molecule is O=c1c2ccc3cc(O)ccc3c2oc2ccc3ccc(O)cc3c12. The van der Waals surface area contributed by atoms with Crippen molar-refractivity contribution in [3.8, 4) is 11.5 Å². The number of phenolic OH excluding ortho intramolecular Hbond substituents is 2. The van der Waals surface area contributed by atoms with E-state index in [2.05, 4.69) is 0 Å². The monoisotopic (exact) mass is 328 g/mol. The molecule has 0 aliphatic carbocycles. The smallest absolute Gasteiger partial charge is 0.201 e. The molecule has 0 aliphatic heterocycles. The molecule has 0 saturated heterocycles. The number of aromatic hydroxyl groups is 2. The van der Waals surface area contributed by atoms with E-state index in [9.17, 15) is 15.0 Å². The Morgan fingerprint density at radius 1 is 0.680 bits per heavy atom. The fourth-order valence-electron chi connectivity index (χ4n) is 3.43. The topological polar surface area (TPSA) is 70.7 Å². The van der Waals surface area contributed by atoms with E-state index >= 15 is 0 Å². The van der Waals surface area contributed by atoms with Gasteiger partial charge in [0.15, 0.2) is 0 Å². The van der Waals surface area contributed by atoms with Crippen molar-refractivity contribution in [1.29, 1.82) is 0 Å². The second-order valence-electron chi connectivity index (χ2n) is 6.12. The molecule has 0 bridgehead atoms. The molecular weight excluding hydrogens is 316 g/mol. The highest BCUT2D eigenvalue weighted by atomic mass is 16.3. The lowest BCUT2D eigenvalue weighted by molar-refractivity contribution is 0.475. The average molecular weight is 328 g/mol. The first-order valence-electron chi connectivity index (χ1n) is 7.86. The number of rotatable bonds is 0. The van der Waals surface area contributed by atoms with Crippen molar-refractivity contribution in [2.24, 2.45) is 0 Å². The molecule has 0 saturated carbocycles. The molecule has 5 rings (SSSR count). The molecule has 1 heterocycles. The van der Waals surface area contributed by atoms with Crippen LogP contribution in [0.15, 0.2) is 69.9 Å². The molecule has 0 fully saturated rings. The van der Waals surface area contributed by atoms with Crippen LogP contribution in [0.25, 0.3) is 43.5 Å². The molecule has 0 spiro atoms. The van der Waals surface area contributed by atoms with Crippen molar-refractivity contribution >= 4 is 43.5 Å². The van der Waals surface area contributed by atoms with Gasteiger partial charge in [0.1, 0.15) is 22.7 Å². The van der Waals surface area contributed by atoms with Gasteiger partial charge in [-0.05, 0) is 53.2 Å². The number of hydrogen-bond donors (Lipinski definition) is 2. The molecule has 5 aromatic rings. The predicted octanol–water partition coefficient (Wildman–Crippen LogP) is 4.66. The third-order valence-corrected chi connectivity index (χ3v) is 4.60. The van der Waals surface area contributed by atoms with Crippen LogP contribution in [0, 0.1) is 0 Å². The molecule has 0 radical (unpaired) electrons. The van der Waals surface area contributed by atoms with Crippen LogP contribution in [0.2, 0.25) is 0 Å². The maximum Gasteiger partial charge on any atom is 0.201 e. The lowest BCUT2D eigenvalue weighted by atomic mass is 10.0. The average Bonchev–Trinajstić information content (AvgIpc) is 2.60. The molecule has 0 atom stereocenters. The molecule has 120 valence electrons. The maximum absolute atomic E-state index is 13.1. The van der Waals surface area contributed by atoms with Crippen LogP contribution in [0.5, 0.6) is 11.5 Å². The first kappa shape index (κ1) is 13.9. The zero-order chi connectivity index (χ0) is 17.1. The van der Waals surface area contributed by atoms with Crippen LogP contribution in [0.1, 0.15) is 0 Å². The van der Waals surface area contributed by atoms with Gasteiger partial charge in [-0.2, -0.15) is 0 Å². The van der Waals surface area contributed by atoms with Crippen LogP contribution in [-0.4, -0.2) is 10.2 Å². The second kappa shape index (κ2) is 4.74. The molecule has 4 aromatic carbocycles. The summed E-state index contributed by atoms with van der Waals surface area (Å²) in [5.41, 5.74) is 0.827. The van der Waals surface area contributed by atoms with Gasteiger partial charge in [-0.15, -0.1) is 0 Å². The van der Waals surface area contributed by atoms with Crippen LogP contribution in [0.4, 0.5) is 0 Å². The molecule has 4 nitrogen and oxygen atoms in total. The van der Waals surface area contributed by atoms with Crippen molar-refractivity contribution in [2.45, 2.75) is 0 Å². The van der Waals surface area contributed by atoms with Gasteiger partial charge in [0.2, 0.25) is 5.43 Å². The van der Waals surface area contributed by atoms with Gasteiger partial charge < -0.3 is 14.6 Å². The fourth-order valence-corrected chi connectivity index (χ4v) is 3.43. The van der Waals surface area contributed by atoms with Crippen LogP contribution >= 0.6 is 0 Å². The zero-order valence-corrected chi connectivity index (χ0v) is 13.0. The molecule has 2 N–H and O–H groups in total. The third kappa shape index (κ3) is 1.91. The molecule has 4 heteroatoms. The normalized spacial score (nSPS) is 11.7. The number of hydrogen-bond acceptors (Lipinski definition) is 4. The number of fused-ring (bicyclic) bond motifs is 6. The largest absolute Gasteiger partial charge is 0.508 e. The lowest BCUT2D eigenvalue weighted by Gasteiger charge is -2.08. The summed E-state index contributed by atoms with van der Waals surface area (Å²) in [6, 6.07) is 17.0. The lowest BCUT2D eigenvalue weighted by Crippen LogP contribution is -2.03. The van der Waals surface area contributed by atoms with Crippen molar-refractivity contribution in [2.75, 3.05) is 0 Å². The summed E-state index contributed by atoms with van der Waals surface area (Å²) in [4.78, 5) is 13.1. The minimum absolute atomic E-state index is 0.105. The fraction of sp³-hybridized carbons (Fsp3) is 0. The summed E-state index contributed by atoms with van der Waals surface area (Å²) >= 11 is 0. The Balaban J connectivity index is 2.05. The molecule has 0 amide bonds. The minimum Gasteiger partial charge on any atom is -0.508 e. The zero-order valence-electron chi connectivity index (χ0n) is 13.0. The third-order valence-electron chi connectivity index (χ3n) is 4.60. The van der Waals surface area contributed by atoms with Crippen molar-refractivity contribution in [1.82, 2.24) is 0 Å². The van der Waals surface area contributed by atoms with Crippen LogP contribution < -0.4 is 5.43 Å². The predicted molar refractivity (Wildman–Crippen MR) is 98.3 cm³/mol. The number of phenols is 2. The Morgan fingerprint density at radius 3 is 2.24 bits per heavy atom. The van der Waals surface area contributed by atoms with Gasteiger partial charge in [-0.1, -0.05) is 18.2 Å². The van der Waals surface area contributed by atoms with E-state index in [1.165, 1.54) is 0 Å². The summed E-state index contributed by atoms with van der Waals surface area (Å²) in [7, 11) is 0. The van der Waals surface area contributed by atoms with E-state index in [4.69, 9.17) is 4.42 Å². The maximum atomic E-state index is 13.1. The van der Waals surface area contributed by atoms with Gasteiger partial charge >= 0.3 is 0 Å². The Morgan fingerprint density at radius 2 is 1.36 bits per heavy atom. The Kier molecular flexibility index (Phi) is 2.63. The van der Waals surface area contributed by atoms with E-state index < -0.39 is 0 Å². The summed E-state index contributed by atoms with van der Waals surface area (Å²) in [6.45, 7) is 0. The van der Waals surface area contributed by atoms with E-state index in [0.717, 1.165) is 16.2 Å². The van der Waals surface area contributed by atoms with Crippen molar-refractivity contribution in [3.05, 3.63) is 70.9 Å². The highest BCUT2D eigenvalue weighted by Crippen LogP contribution is 2.32. The Bertz CT molecular complexity index is 1380. The van der Waals surface area contributed by atoms with Gasteiger partial charge in [0.25, 0.3) is 0 Å². The van der Waals surface area contributed by atoms with E-state index in [1.807, 2.05) is 6.07 Å².